The summed E-state index contributed by atoms with van der Waals surface area (Å²) in [7, 11) is 0. The predicted molar refractivity (Wildman–Crippen MR) is 620 cm³/mol. The third kappa shape index (κ3) is 13.4. The fourth-order valence-corrected chi connectivity index (χ4v) is 24.8. The van der Waals surface area contributed by atoms with Crippen molar-refractivity contribution < 1.29 is 8.83 Å². The van der Waals surface area contributed by atoms with Gasteiger partial charge in [0.05, 0.1) is 88.3 Å². The molecule has 0 saturated carbocycles. The van der Waals surface area contributed by atoms with Gasteiger partial charge in [-0.15, -0.1) is 11.3 Å². The minimum absolute atomic E-state index is 0.899. The Kier molecular flexibility index (Phi) is 19.1. The normalized spacial score (nSPS) is 11.9. The summed E-state index contributed by atoms with van der Waals surface area (Å²) in [6, 6.07) is 189. The lowest BCUT2D eigenvalue weighted by Crippen LogP contribution is -1.94. The topological polar surface area (TPSA) is 55.9 Å². The Hall–Kier alpha value is -19.3. The molecule has 8 nitrogen and oxygen atoms in total. The van der Waals surface area contributed by atoms with Gasteiger partial charge in [0.2, 0.25) is 0 Å². The van der Waals surface area contributed by atoms with E-state index in [1.165, 1.54) is 218 Å². The first-order valence-corrected chi connectivity index (χ1v) is 51.0. The Morgan fingerprint density at radius 1 is 0.129 bits per heavy atom. The Morgan fingerprint density at radius 2 is 0.374 bits per heavy atom. The number of rotatable bonds is 11. The lowest BCUT2D eigenvalue weighted by molar-refractivity contribution is 0.668. The van der Waals surface area contributed by atoms with Crippen molar-refractivity contribution in [3.05, 3.63) is 522 Å². The summed E-state index contributed by atoms with van der Waals surface area (Å²) in [6.07, 6.45) is 0. The maximum Gasteiger partial charge on any atom is 0.137 e. The molecule has 0 bridgehead atoms. The van der Waals surface area contributed by atoms with E-state index in [2.05, 4.69) is 525 Å². The molecular formula is C138H86N6O2S. The van der Waals surface area contributed by atoms with E-state index in [0.717, 1.165) is 66.6 Å². The third-order valence-electron chi connectivity index (χ3n) is 30.4. The highest BCUT2D eigenvalue weighted by Gasteiger charge is 2.26. The van der Waals surface area contributed by atoms with Gasteiger partial charge in [-0.2, -0.15) is 0 Å². The van der Waals surface area contributed by atoms with Crippen molar-refractivity contribution in [2.75, 3.05) is 0 Å². The van der Waals surface area contributed by atoms with E-state index < -0.39 is 0 Å². The van der Waals surface area contributed by atoms with E-state index in [-0.39, 0.29) is 0 Å². The number of nitrogens with zero attached hydrogens (tertiary/aromatic N) is 6. The van der Waals surface area contributed by atoms with Crippen LogP contribution in [0.3, 0.4) is 0 Å². The van der Waals surface area contributed by atoms with E-state index in [0.29, 0.717) is 0 Å². The molecule has 147 heavy (non-hydrogen) atoms. The van der Waals surface area contributed by atoms with Gasteiger partial charge in [0.15, 0.2) is 0 Å². The number of para-hydroxylation sites is 9. The zero-order valence-electron chi connectivity index (χ0n) is 79.6. The minimum atomic E-state index is 0.899. The SMILES string of the molecule is c1ccc(-c2ccc(-n3c4ccccc4c4cc(-c5ccc6c(c5)c5ccccc5n6-c5cccc6oc7ccccc7c56)ccc43)cc2)cc1.c1ccc(-c2cccc(-n3c4ccccc4c4cc(-c5ccc6c(c5)c5ccccc5n6-c5ccc6sc7ccccc7c6c5)ccc43)c2)cc1.c1ccc(-n2c3ccccc3c3cc(-c4ccc5c(c4)c4ccccc4n5-c4cccc5oc6ccccc6c45)ccc32)cc1. The van der Waals surface area contributed by atoms with Crippen LogP contribution in [0.25, 0.3) is 285 Å². The molecule has 0 radical (unpaired) electrons. The van der Waals surface area contributed by atoms with Crippen LogP contribution in [0.5, 0.6) is 0 Å². The van der Waals surface area contributed by atoms with E-state index in [4.69, 9.17) is 8.83 Å². The molecule has 0 fully saturated rings. The summed E-state index contributed by atoms with van der Waals surface area (Å²) in [5.41, 5.74) is 37.1. The number of aromatic nitrogens is 6. The van der Waals surface area contributed by atoms with Crippen molar-refractivity contribution in [2.24, 2.45) is 0 Å². The second-order valence-electron chi connectivity index (χ2n) is 38.4. The molecule has 32 rings (SSSR count). The number of benzene rings is 23. The molecule has 686 valence electrons. The fourth-order valence-electron chi connectivity index (χ4n) is 23.8. The molecule has 9 heteroatoms. The van der Waals surface area contributed by atoms with Crippen molar-refractivity contribution in [3.8, 4) is 89.8 Å². The van der Waals surface area contributed by atoms with Crippen LogP contribution in [0.15, 0.2) is 531 Å². The molecule has 0 atom stereocenters. The zero-order valence-corrected chi connectivity index (χ0v) is 80.4. The van der Waals surface area contributed by atoms with Crippen LogP contribution in [0, 0.1) is 0 Å². The van der Waals surface area contributed by atoms with Gasteiger partial charge in [-0.05, 0) is 262 Å². The summed E-state index contributed by atoms with van der Waals surface area (Å²) in [6.45, 7) is 0. The maximum atomic E-state index is 6.30. The number of thiophene rings is 1. The minimum Gasteiger partial charge on any atom is -0.456 e. The average Bonchev–Trinajstić information content (AvgIpc) is 1.57. The van der Waals surface area contributed by atoms with Crippen LogP contribution in [0.4, 0.5) is 0 Å². The fraction of sp³-hybridized carbons (Fsp3) is 0. The quantitative estimate of drug-likeness (QED) is 0.130. The van der Waals surface area contributed by atoms with Crippen molar-refractivity contribution in [3.63, 3.8) is 0 Å². The monoisotopic (exact) mass is 1890 g/mol. The Labute approximate surface area is 847 Å². The van der Waals surface area contributed by atoms with E-state index >= 15 is 0 Å². The Bertz CT molecular complexity index is 11000. The lowest BCUT2D eigenvalue weighted by Gasteiger charge is -2.11. The number of hydrogen-bond acceptors (Lipinski definition) is 3. The summed E-state index contributed by atoms with van der Waals surface area (Å²) in [5.74, 6) is 0. The summed E-state index contributed by atoms with van der Waals surface area (Å²) in [5, 5.41) is 22.2. The second-order valence-corrected chi connectivity index (χ2v) is 39.5. The van der Waals surface area contributed by atoms with Gasteiger partial charge in [-0.3, -0.25) is 0 Å². The molecule has 0 unspecified atom stereocenters. The van der Waals surface area contributed by atoms with Gasteiger partial charge in [0.25, 0.3) is 0 Å². The first-order valence-electron chi connectivity index (χ1n) is 50.2. The molecule has 9 aromatic heterocycles. The molecule has 0 spiro atoms. The summed E-state index contributed by atoms with van der Waals surface area (Å²) in [4.78, 5) is 0. The van der Waals surface area contributed by atoms with Crippen molar-refractivity contribution in [1.82, 2.24) is 27.4 Å². The highest BCUT2D eigenvalue weighted by Crippen LogP contribution is 2.48. The number of hydrogen-bond donors (Lipinski definition) is 0. The van der Waals surface area contributed by atoms with E-state index in [9.17, 15) is 0 Å². The summed E-state index contributed by atoms with van der Waals surface area (Å²) < 4.78 is 29.6. The van der Waals surface area contributed by atoms with Crippen LogP contribution >= 0.6 is 11.3 Å². The molecule has 0 aliphatic carbocycles. The molecule has 0 aliphatic heterocycles. The zero-order chi connectivity index (χ0) is 96.4. The smallest absolute Gasteiger partial charge is 0.137 e. The first-order chi connectivity index (χ1) is 72.9. The number of furan rings is 2. The predicted octanol–water partition coefficient (Wildman–Crippen LogP) is 38.1. The van der Waals surface area contributed by atoms with Crippen LogP contribution < -0.4 is 0 Å². The lowest BCUT2D eigenvalue weighted by atomic mass is 10.0. The van der Waals surface area contributed by atoms with Gasteiger partial charge in [-0.1, -0.05) is 315 Å². The Morgan fingerprint density at radius 3 is 0.776 bits per heavy atom. The number of fused-ring (bicyclic) bond motifs is 27. The van der Waals surface area contributed by atoms with Crippen LogP contribution in [-0.2, 0) is 0 Å². The second kappa shape index (κ2) is 33.7. The average molecular weight is 1890 g/mol. The third-order valence-corrected chi connectivity index (χ3v) is 31.5. The molecule has 23 aromatic carbocycles. The van der Waals surface area contributed by atoms with Gasteiger partial charge in [-0.25, -0.2) is 0 Å². The maximum absolute atomic E-state index is 6.30. The Balaban J connectivity index is 0.000000102. The molecule has 0 aliphatic rings. The standard InChI is InChI=1S/C48H30N2O.C48H30N2S.C42H26N2O/c1-2-11-31(12-3-1)32-21-25-35(26-22-32)49-41-16-7-4-13-36(41)39-29-33(23-27-43(39)49)34-24-28-44-40(30-34)37-14-5-8-17-42(37)50(44)45-18-10-20-47-48(45)38-15-6-9-19-46(38)51-47;1-2-11-31(12-3-1)32-13-10-14-35(27-32)49-43-18-7-4-15-37(43)40-28-33(21-24-45(40)49)34-22-25-46-41(29-34)38-16-5-8-19-44(38)50(46)36-23-26-48-42(30-36)39-17-6-9-20-47(39)51-48;1-2-11-29(12-3-1)43-35-16-7-4-13-30(35)33-25-27(21-23-37(33)43)28-22-24-38-34(26-28)31-14-5-8-17-36(31)44(38)39-18-10-20-41-42(39)32-15-6-9-19-40(32)45-41/h2*1-30H;1-26H. The first kappa shape index (κ1) is 83.5. The highest BCUT2D eigenvalue weighted by atomic mass is 32.1. The van der Waals surface area contributed by atoms with Crippen LogP contribution in [0.2, 0.25) is 0 Å². The molecule has 0 N–H and O–H groups in total. The van der Waals surface area contributed by atoms with Crippen LogP contribution in [-0.4, -0.2) is 27.4 Å². The van der Waals surface area contributed by atoms with Crippen molar-refractivity contribution >= 4 is 206 Å². The van der Waals surface area contributed by atoms with Gasteiger partial charge < -0.3 is 36.2 Å². The highest BCUT2D eigenvalue weighted by molar-refractivity contribution is 7.25. The van der Waals surface area contributed by atoms with Crippen LogP contribution in [0.1, 0.15) is 0 Å². The van der Waals surface area contributed by atoms with Crippen molar-refractivity contribution in [1.29, 1.82) is 0 Å². The molecule has 9 heterocycles. The largest absolute Gasteiger partial charge is 0.456 e. The van der Waals surface area contributed by atoms with Gasteiger partial charge in [0, 0.05) is 118 Å². The van der Waals surface area contributed by atoms with Gasteiger partial charge in [0.1, 0.15) is 22.3 Å². The van der Waals surface area contributed by atoms with E-state index in [1.807, 2.05) is 35.6 Å². The molecule has 0 saturated heterocycles. The summed E-state index contributed by atoms with van der Waals surface area (Å²) >= 11 is 1.86. The van der Waals surface area contributed by atoms with Crippen molar-refractivity contribution in [2.45, 2.75) is 0 Å². The molecule has 32 aromatic rings. The molecular weight excluding hydrogens is 1810 g/mol. The van der Waals surface area contributed by atoms with E-state index in [1.54, 1.807) is 0 Å². The van der Waals surface area contributed by atoms with Gasteiger partial charge >= 0.3 is 0 Å². The molecule has 0 amide bonds.